The van der Waals surface area contributed by atoms with E-state index in [2.05, 4.69) is 17.6 Å². The van der Waals surface area contributed by atoms with Gasteiger partial charge in [0.25, 0.3) is 5.91 Å². The first-order valence-electron chi connectivity index (χ1n) is 9.79. The van der Waals surface area contributed by atoms with Crippen LogP contribution in [0.2, 0.25) is 0 Å². The molecular formula is C21H34ClN3O2. The maximum Gasteiger partial charge on any atom is 0.251 e. The van der Waals surface area contributed by atoms with Crippen LogP contribution in [-0.4, -0.2) is 48.9 Å². The Hall–Kier alpha value is -1.59. The summed E-state index contributed by atoms with van der Waals surface area (Å²) in [6, 6.07) is 6.96. The summed E-state index contributed by atoms with van der Waals surface area (Å²) in [7, 11) is 0. The van der Waals surface area contributed by atoms with Crippen molar-refractivity contribution in [2.75, 3.05) is 26.2 Å². The van der Waals surface area contributed by atoms with Gasteiger partial charge in [0.2, 0.25) is 5.91 Å². The van der Waals surface area contributed by atoms with E-state index in [1.165, 1.54) is 0 Å². The first kappa shape index (κ1) is 23.4. The van der Waals surface area contributed by atoms with Crippen molar-refractivity contribution in [1.29, 1.82) is 0 Å². The number of piperidine rings is 1. The molecule has 152 valence electrons. The van der Waals surface area contributed by atoms with Crippen LogP contribution >= 0.6 is 12.4 Å². The van der Waals surface area contributed by atoms with E-state index in [-0.39, 0.29) is 30.1 Å². The number of amides is 2. The van der Waals surface area contributed by atoms with Crippen LogP contribution in [0.1, 0.15) is 49.5 Å². The van der Waals surface area contributed by atoms with Gasteiger partial charge in [0.15, 0.2) is 0 Å². The molecule has 1 aliphatic heterocycles. The number of nitrogens with one attached hydrogen (secondary N) is 2. The summed E-state index contributed by atoms with van der Waals surface area (Å²) in [6.07, 6.45) is 2.05. The number of benzene rings is 1. The Bertz CT molecular complexity index is 596. The van der Waals surface area contributed by atoms with Crippen molar-refractivity contribution in [1.82, 2.24) is 15.5 Å². The van der Waals surface area contributed by atoms with Crippen LogP contribution in [-0.2, 0) is 4.79 Å². The highest BCUT2D eigenvalue weighted by Crippen LogP contribution is 2.19. The summed E-state index contributed by atoms with van der Waals surface area (Å²) in [5.74, 6) is 0.552. The second kappa shape index (κ2) is 11.3. The quantitative estimate of drug-likeness (QED) is 0.746. The Morgan fingerprint density at radius 3 is 2.26 bits per heavy atom. The zero-order chi connectivity index (χ0) is 19.1. The van der Waals surface area contributed by atoms with Crippen molar-refractivity contribution in [2.45, 2.75) is 46.6 Å². The second-order valence-corrected chi connectivity index (χ2v) is 7.64. The molecule has 27 heavy (non-hydrogen) atoms. The fourth-order valence-corrected chi connectivity index (χ4v) is 3.35. The first-order valence-corrected chi connectivity index (χ1v) is 9.79. The first-order chi connectivity index (χ1) is 12.4. The molecule has 1 saturated heterocycles. The van der Waals surface area contributed by atoms with Crippen molar-refractivity contribution < 1.29 is 9.59 Å². The van der Waals surface area contributed by atoms with Crippen molar-refractivity contribution in [3.63, 3.8) is 0 Å². The number of carbonyl (C=O) groups is 2. The van der Waals surface area contributed by atoms with Crippen LogP contribution < -0.4 is 10.6 Å². The van der Waals surface area contributed by atoms with Crippen molar-refractivity contribution >= 4 is 24.2 Å². The summed E-state index contributed by atoms with van der Waals surface area (Å²) in [5.41, 5.74) is 1.71. The minimum absolute atomic E-state index is 0. The maximum atomic E-state index is 13.0. The van der Waals surface area contributed by atoms with E-state index in [4.69, 9.17) is 0 Å². The Morgan fingerprint density at radius 2 is 1.74 bits per heavy atom. The monoisotopic (exact) mass is 395 g/mol. The predicted octanol–water partition coefficient (Wildman–Crippen LogP) is 3.02. The largest absolute Gasteiger partial charge is 0.341 e. The normalized spacial score (nSPS) is 16.0. The van der Waals surface area contributed by atoms with Crippen LogP contribution in [0, 0.1) is 18.8 Å². The number of nitrogens with zero attached hydrogens (tertiary/aromatic N) is 1. The highest BCUT2D eigenvalue weighted by Gasteiger charge is 2.31. The molecule has 2 rings (SSSR count). The molecule has 1 atom stereocenters. The highest BCUT2D eigenvalue weighted by atomic mass is 35.5. The van der Waals surface area contributed by atoms with Crippen LogP contribution in [0.5, 0.6) is 0 Å². The van der Waals surface area contributed by atoms with Gasteiger partial charge in [-0.2, -0.15) is 0 Å². The van der Waals surface area contributed by atoms with Gasteiger partial charge in [0.1, 0.15) is 6.04 Å². The molecule has 2 amide bonds. The fourth-order valence-electron chi connectivity index (χ4n) is 3.35. The Kier molecular flexibility index (Phi) is 9.81. The van der Waals surface area contributed by atoms with Gasteiger partial charge in [-0.05, 0) is 56.8 Å². The van der Waals surface area contributed by atoms with Gasteiger partial charge < -0.3 is 15.5 Å². The molecule has 2 N–H and O–H groups in total. The minimum atomic E-state index is -0.478. The summed E-state index contributed by atoms with van der Waals surface area (Å²) in [4.78, 5) is 27.4. The maximum absolute atomic E-state index is 13.0. The summed E-state index contributed by atoms with van der Waals surface area (Å²) in [5, 5.41) is 6.34. The van der Waals surface area contributed by atoms with Gasteiger partial charge in [-0.25, -0.2) is 0 Å². The second-order valence-electron chi connectivity index (χ2n) is 7.64. The molecule has 6 heteroatoms. The summed E-state index contributed by atoms with van der Waals surface area (Å²) in [6.45, 7) is 11.6. The summed E-state index contributed by atoms with van der Waals surface area (Å²) >= 11 is 0. The van der Waals surface area contributed by atoms with Gasteiger partial charge in [-0.15, -0.1) is 12.4 Å². The van der Waals surface area contributed by atoms with Gasteiger partial charge in [-0.1, -0.05) is 38.5 Å². The lowest BCUT2D eigenvalue weighted by molar-refractivity contribution is -0.135. The summed E-state index contributed by atoms with van der Waals surface area (Å²) < 4.78 is 0. The smallest absolute Gasteiger partial charge is 0.251 e. The molecule has 0 bridgehead atoms. The number of rotatable bonds is 7. The van der Waals surface area contributed by atoms with Crippen molar-refractivity contribution in [2.24, 2.45) is 11.8 Å². The number of carbonyl (C=O) groups excluding carboxylic acids is 2. The van der Waals surface area contributed by atoms with E-state index < -0.39 is 6.04 Å². The van der Waals surface area contributed by atoms with Gasteiger partial charge >= 0.3 is 0 Å². The Balaban J connectivity index is 0.00000364. The third kappa shape index (κ3) is 6.82. The van der Waals surface area contributed by atoms with Gasteiger partial charge in [0, 0.05) is 18.7 Å². The minimum Gasteiger partial charge on any atom is -0.341 e. The number of likely N-dealkylation sites (tertiary alicyclic amines) is 1. The van der Waals surface area contributed by atoms with E-state index in [1.54, 1.807) is 12.1 Å². The number of hydrogen-bond acceptors (Lipinski definition) is 3. The zero-order valence-electron chi connectivity index (χ0n) is 17.0. The third-order valence-electron chi connectivity index (χ3n) is 5.14. The molecule has 5 nitrogen and oxygen atoms in total. The molecule has 0 aliphatic carbocycles. The number of halogens is 1. The van der Waals surface area contributed by atoms with Crippen LogP contribution in [0.15, 0.2) is 24.3 Å². The van der Waals surface area contributed by atoms with E-state index >= 15 is 0 Å². The molecule has 1 aromatic carbocycles. The molecule has 0 saturated carbocycles. The van der Waals surface area contributed by atoms with Gasteiger partial charge in [-0.3, -0.25) is 9.59 Å². The lowest BCUT2D eigenvalue weighted by Crippen LogP contribution is -2.53. The molecule has 1 unspecified atom stereocenters. The molecule has 1 aromatic rings. The number of aryl methyl sites for hydroxylation is 1. The van der Waals surface area contributed by atoms with E-state index in [9.17, 15) is 9.59 Å². The van der Waals surface area contributed by atoms with Crippen LogP contribution in [0.4, 0.5) is 0 Å². The molecule has 1 aliphatic rings. The molecule has 1 fully saturated rings. The lowest BCUT2D eigenvalue weighted by Gasteiger charge is -2.35. The SMILES string of the molecule is CCNCC1CCN(C(=O)C(NC(=O)c2ccc(C)cc2)C(C)C)CC1.Cl. The molecule has 0 radical (unpaired) electrons. The fraction of sp³-hybridized carbons (Fsp3) is 0.619. The van der Waals surface area contributed by atoms with Crippen LogP contribution in [0.25, 0.3) is 0 Å². The molecule has 0 aromatic heterocycles. The van der Waals surface area contributed by atoms with Crippen molar-refractivity contribution in [3.05, 3.63) is 35.4 Å². The topological polar surface area (TPSA) is 61.4 Å². The average molecular weight is 396 g/mol. The molecule has 1 heterocycles. The van der Waals surface area contributed by atoms with E-state index in [1.807, 2.05) is 37.8 Å². The number of hydrogen-bond donors (Lipinski definition) is 2. The third-order valence-corrected chi connectivity index (χ3v) is 5.14. The Morgan fingerprint density at radius 1 is 1.15 bits per heavy atom. The van der Waals surface area contributed by atoms with Gasteiger partial charge in [0.05, 0.1) is 0 Å². The zero-order valence-corrected chi connectivity index (χ0v) is 17.8. The molecule has 0 spiro atoms. The van der Waals surface area contributed by atoms with Crippen LogP contribution in [0.3, 0.4) is 0 Å². The molecular weight excluding hydrogens is 362 g/mol. The average Bonchev–Trinajstić information content (AvgIpc) is 2.64. The predicted molar refractivity (Wildman–Crippen MR) is 112 cm³/mol. The Labute approximate surface area is 169 Å². The van der Waals surface area contributed by atoms with E-state index in [0.717, 1.165) is 44.6 Å². The highest BCUT2D eigenvalue weighted by molar-refractivity contribution is 5.97. The standard InChI is InChI=1S/C21H33N3O2.ClH/c1-5-22-14-17-10-12-24(13-11-17)21(26)19(15(2)3)23-20(25)18-8-6-16(4)7-9-18;/h6-9,15,17,19,22H,5,10-14H2,1-4H3,(H,23,25);1H. The van der Waals surface area contributed by atoms with Crippen molar-refractivity contribution in [3.8, 4) is 0 Å². The lowest BCUT2D eigenvalue weighted by atomic mass is 9.95. The van der Waals surface area contributed by atoms with E-state index in [0.29, 0.717) is 11.5 Å².